The number of hydrogen-bond donors (Lipinski definition) is 2. The quantitative estimate of drug-likeness (QED) is 0.366. The van der Waals surface area contributed by atoms with Crippen LogP contribution in [-0.2, 0) is 24.8 Å². The molecule has 6 nitrogen and oxygen atoms in total. The van der Waals surface area contributed by atoms with Crippen LogP contribution in [0.4, 0.5) is 0 Å². The summed E-state index contributed by atoms with van der Waals surface area (Å²) in [6.07, 6.45) is 5.65. The second kappa shape index (κ2) is 10.8. The van der Waals surface area contributed by atoms with Gasteiger partial charge in [0.05, 0.1) is 0 Å². The van der Waals surface area contributed by atoms with Crippen molar-refractivity contribution in [2.45, 2.75) is 57.9 Å². The van der Waals surface area contributed by atoms with E-state index in [0.717, 1.165) is 50.1 Å². The van der Waals surface area contributed by atoms with Crippen molar-refractivity contribution in [3.63, 3.8) is 0 Å². The molecule has 154 valence electrons. The lowest BCUT2D eigenvalue weighted by molar-refractivity contribution is 0.508. The summed E-state index contributed by atoms with van der Waals surface area (Å²) in [7, 11) is 1.81. The molecule has 1 aliphatic rings. The Bertz CT molecular complexity index is 754. The minimum Gasteiger partial charge on any atom is -0.356 e. The maximum absolute atomic E-state index is 4.40. The van der Waals surface area contributed by atoms with Gasteiger partial charge in [-0.25, -0.2) is 0 Å². The molecule has 2 heterocycles. The molecule has 0 fully saturated rings. The Balaban J connectivity index is 0.00000280. The van der Waals surface area contributed by atoms with Crippen molar-refractivity contribution >= 4 is 29.9 Å². The average Bonchev–Trinajstić information content (AvgIpc) is 2.91. The molecule has 0 aliphatic carbocycles. The SMILES string of the molecule is CN=C(NCCc1nnc2n1CCCCC2)NCC(C)(C)c1ccccc1.I. The van der Waals surface area contributed by atoms with E-state index in [-0.39, 0.29) is 29.4 Å². The number of halogens is 1. The molecular weight excluding hydrogens is 463 g/mol. The smallest absolute Gasteiger partial charge is 0.191 e. The molecule has 0 saturated heterocycles. The molecule has 0 spiro atoms. The van der Waals surface area contributed by atoms with Gasteiger partial charge in [0.1, 0.15) is 11.6 Å². The van der Waals surface area contributed by atoms with Gasteiger partial charge in [0.15, 0.2) is 5.96 Å². The van der Waals surface area contributed by atoms with Gasteiger partial charge in [-0.1, -0.05) is 50.6 Å². The largest absolute Gasteiger partial charge is 0.356 e. The first-order chi connectivity index (χ1) is 13.1. The van der Waals surface area contributed by atoms with Crippen LogP contribution in [0.15, 0.2) is 35.3 Å². The average molecular weight is 496 g/mol. The van der Waals surface area contributed by atoms with Crippen LogP contribution in [0.25, 0.3) is 0 Å². The first kappa shape index (κ1) is 22.6. The van der Waals surface area contributed by atoms with E-state index < -0.39 is 0 Å². The van der Waals surface area contributed by atoms with Gasteiger partial charge >= 0.3 is 0 Å². The summed E-state index contributed by atoms with van der Waals surface area (Å²) in [5.74, 6) is 3.06. The Labute approximate surface area is 185 Å². The third kappa shape index (κ3) is 5.93. The van der Waals surface area contributed by atoms with Gasteiger partial charge in [-0.05, 0) is 18.4 Å². The molecule has 1 aliphatic heterocycles. The molecule has 2 aromatic rings. The standard InChI is InChI=1S/C21H32N6.HI/c1-21(2,17-10-6-4-7-11-17)16-24-20(22-3)23-14-13-19-26-25-18-12-8-5-9-15-27(18)19;/h4,6-7,10-11H,5,8-9,12-16H2,1-3H3,(H2,22,23,24);1H. The fraction of sp³-hybridized carbons (Fsp3) is 0.571. The Morgan fingerprint density at radius 3 is 2.64 bits per heavy atom. The van der Waals surface area contributed by atoms with Crippen molar-refractivity contribution in [2.75, 3.05) is 20.1 Å². The van der Waals surface area contributed by atoms with Crippen molar-refractivity contribution in [2.24, 2.45) is 4.99 Å². The molecule has 1 aromatic heterocycles. The predicted octanol–water partition coefficient (Wildman–Crippen LogP) is 3.31. The number of fused-ring (bicyclic) bond motifs is 1. The van der Waals surface area contributed by atoms with Crippen LogP contribution in [0.3, 0.4) is 0 Å². The fourth-order valence-corrected chi connectivity index (χ4v) is 3.54. The topological polar surface area (TPSA) is 67.1 Å². The maximum atomic E-state index is 4.40. The summed E-state index contributed by atoms with van der Waals surface area (Å²) < 4.78 is 2.31. The van der Waals surface area contributed by atoms with Gasteiger partial charge in [-0.2, -0.15) is 0 Å². The minimum atomic E-state index is 0. The number of aromatic nitrogens is 3. The van der Waals surface area contributed by atoms with Gasteiger partial charge < -0.3 is 15.2 Å². The zero-order valence-electron chi connectivity index (χ0n) is 17.2. The summed E-state index contributed by atoms with van der Waals surface area (Å²) in [6, 6.07) is 10.6. The van der Waals surface area contributed by atoms with E-state index in [1.165, 1.54) is 24.8 Å². The van der Waals surface area contributed by atoms with Crippen LogP contribution in [0.5, 0.6) is 0 Å². The van der Waals surface area contributed by atoms with E-state index in [1.807, 2.05) is 7.05 Å². The third-order valence-corrected chi connectivity index (χ3v) is 5.30. The molecular formula is C21H33IN6. The number of guanidine groups is 1. The highest BCUT2D eigenvalue weighted by Gasteiger charge is 2.20. The molecule has 7 heteroatoms. The lowest BCUT2D eigenvalue weighted by Gasteiger charge is -2.26. The van der Waals surface area contributed by atoms with Crippen molar-refractivity contribution in [1.29, 1.82) is 0 Å². The number of hydrogen-bond acceptors (Lipinski definition) is 3. The first-order valence-corrected chi connectivity index (χ1v) is 10.0. The summed E-state index contributed by atoms with van der Waals surface area (Å²) in [5, 5.41) is 15.6. The van der Waals surface area contributed by atoms with Gasteiger partial charge in [-0.15, -0.1) is 34.2 Å². The van der Waals surface area contributed by atoms with Gasteiger partial charge in [0, 0.05) is 44.9 Å². The molecule has 1 aromatic carbocycles. The summed E-state index contributed by atoms with van der Waals surface area (Å²) in [5.41, 5.74) is 1.35. The normalized spacial score (nSPS) is 14.6. The molecule has 0 atom stereocenters. The molecule has 0 unspecified atom stereocenters. The monoisotopic (exact) mass is 496 g/mol. The van der Waals surface area contributed by atoms with Crippen molar-refractivity contribution in [1.82, 2.24) is 25.4 Å². The van der Waals surface area contributed by atoms with Crippen LogP contribution < -0.4 is 10.6 Å². The zero-order chi connectivity index (χ0) is 19.1. The number of benzene rings is 1. The third-order valence-electron chi connectivity index (χ3n) is 5.30. The highest BCUT2D eigenvalue weighted by Crippen LogP contribution is 2.21. The van der Waals surface area contributed by atoms with E-state index in [2.05, 4.69) is 74.6 Å². The lowest BCUT2D eigenvalue weighted by atomic mass is 9.85. The maximum Gasteiger partial charge on any atom is 0.191 e. The number of rotatable bonds is 6. The van der Waals surface area contributed by atoms with Crippen LogP contribution in [0.1, 0.15) is 50.3 Å². The summed E-state index contributed by atoms with van der Waals surface area (Å²) in [6.45, 7) is 7.15. The lowest BCUT2D eigenvalue weighted by Crippen LogP contribution is -2.44. The van der Waals surface area contributed by atoms with Crippen molar-refractivity contribution < 1.29 is 0 Å². The van der Waals surface area contributed by atoms with Gasteiger partial charge in [0.2, 0.25) is 0 Å². The van der Waals surface area contributed by atoms with Crippen LogP contribution in [0.2, 0.25) is 0 Å². The van der Waals surface area contributed by atoms with Gasteiger partial charge in [-0.3, -0.25) is 4.99 Å². The molecule has 3 rings (SSSR count). The van der Waals surface area contributed by atoms with Crippen LogP contribution >= 0.6 is 24.0 Å². The van der Waals surface area contributed by atoms with Crippen molar-refractivity contribution in [3.8, 4) is 0 Å². The first-order valence-electron chi connectivity index (χ1n) is 10.0. The van der Waals surface area contributed by atoms with Crippen LogP contribution in [-0.4, -0.2) is 40.9 Å². The zero-order valence-corrected chi connectivity index (χ0v) is 19.6. The molecule has 2 N–H and O–H groups in total. The molecule has 28 heavy (non-hydrogen) atoms. The van der Waals surface area contributed by atoms with Crippen LogP contribution in [0, 0.1) is 0 Å². The number of aryl methyl sites for hydroxylation is 1. The Morgan fingerprint density at radius 1 is 1.11 bits per heavy atom. The second-order valence-electron chi connectivity index (χ2n) is 7.85. The van der Waals surface area contributed by atoms with E-state index in [1.54, 1.807) is 0 Å². The second-order valence-corrected chi connectivity index (χ2v) is 7.85. The molecule has 0 amide bonds. The fourth-order valence-electron chi connectivity index (χ4n) is 3.54. The van der Waals surface area contributed by atoms with Crippen molar-refractivity contribution in [3.05, 3.63) is 47.5 Å². The minimum absolute atomic E-state index is 0. The highest BCUT2D eigenvalue weighted by molar-refractivity contribution is 14.0. The molecule has 0 bridgehead atoms. The predicted molar refractivity (Wildman–Crippen MR) is 126 cm³/mol. The summed E-state index contributed by atoms with van der Waals surface area (Å²) >= 11 is 0. The Kier molecular flexibility index (Phi) is 8.72. The molecule has 0 radical (unpaired) electrons. The van der Waals surface area contributed by atoms with E-state index in [0.29, 0.717) is 0 Å². The summed E-state index contributed by atoms with van der Waals surface area (Å²) in [4.78, 5) is 4.36. The van der Waals surface area contributed by atoms with E-state index >= 15 is 0 Å². The Morgan fingerprint density at radius 2 is 1.89 bits per heavy atom. The van der Waals surface area contributed by atoms with E-state index in [4.69, 9.17) is 0 Å². The number of aliphatic imine (C=N–C) groups is 1. The van der Waals surface area contributed by atoms with E-state index in [9.17, 15) is 0 Å². The molecule has 0 saturated carbocycles. The number of nitrogens with one attached hydrogen (secondary N) is 2. The Hall–Kier alpha value is -1.64. The number of nitrogens with zero attached hydrogens (tertiary/aromatic N) is 4. The van der Waals surface area contributed by atoms with Gasteiger partial charge in [0.25, 0.3) is 0 Å². The highest BCUT2D eigenvalue weighted by atomic mass is 127.